The van der Waals surface area contributed by atoms with Crippen LogP contribution in [0.2, 0.25) is 0 Å². The number of ether oxygens (including phenoxy) is 2. The quantitative estimate of drug-likeness (QED) is 0.500. The predicted molar refractivity (Wildman–Crippen MR) is 103 cm³/mol. The number of ketones is 1. The molecule has 0 radical (unpaired) electrons. The van der Waals surface area contributed by atoms with Crippen molar-refractivity contribution < 1.29 is 23.9 Å². The van der Waals surface area contributed by atoms with Gasteiger partial charge in [0, 0.05) is 30.3 Å². The molecule has 0 aromatic heterocycles. The molecule has 2 N–H and O–H groups in total. The molecule has 0 aromatic carbocycles. The minimum Gasteiger partial charge on any atom is -0.377 e. The van der Waals surface area contributed by atoms with Crippen LogP contribution in [-0.2, 0) is 23.9 Å². The van der Waals surface area contributed by atoms with E-state index in [9.17, 15) is 14.4 Å². The molecule has 27 heavy (non-hydrogen) atoms. The summed E-state index contributed by atoms with van der Waals surface area (Å²) in [6, 6.07) is 0.137. The van der Waals surface area contributed by atoms with Gasteiger partial charge < -0.3 is 20.1 Å². The summed E-state index contributed by atoms with van der Waals surface area (Å²) in [4.78, 5) is 35.3. The van der Waals surface area contributed by atoms with Gasteiger partial charge in [0.2, 0.25) is 11.8 Å². The average molecular weight is 385 g/mol. The van der Waals surface area contributed by atoms with Crippen molar-refractivity contribution >= 4 is 17.6 Å². The Morgan fingerprint density at radius 1 is 0.889 bits per heavy atom. The maximum absolute atomic E-state index is 12.0. The minimum atomic E-state index is -0.127. The molecular formula is C20H36N2O5. The highest BCUT2D eigenvalue weighted by atomic mass is 16.5. The molecule has 0 atom stereocenters. The molecule has 0 aromatic rings. The van der Waals surface area contributed by atoms with E-state index in [0.717, 1.165) is 25.7 Å². The van der Waals surface area contributed by atoms with Gasteiger partial charge in [-0.15, -0.1) is 0 Å². The maximum Gasteiger partial charge on any atom is 0.246 e. The molecule has 1 saturated carbocycles. The zero-order valence-electron chi connectivity index (χ0n) is 17.2. The number of carbonyl (C=O) groups is 3. The number of rotatable bonds is 12. The van der Waals surface area contributed by atoms with E-state index >= 15 is 0 Å². The molecule has 0 spiro atoms. The van der Waals surface area contributed by atoms with Crippen LogP contribution < -0.4 is 10.6 Å². The average Bonchev–Trinajstić information content (AvgIpc) is 2.63. The Morgan fingerprint density at radius 2 is 1.52 bits per heavy atom. The third-order valence-electron chi connectivity index (χ3n) is 4.74. The van der Waals surface area contributed by atoms with Crippen molar-refractivity contribution in [1.29, 1.82) is 0 Å². The summed E-state index contributed by atoms with van der Waals surface area (Å²) in [6.07, 6.45) is 3.40. The smallest absolute Gasteiger partial charge is 0.246 e. The lowest BCUT2D eigenvalue weighted by Gasteiger charge is -2.29. The summed E-state index contributed by atoms with van der Waals surface area (Å²) < 4.78 is 10.7. The molecule has 2 amide bonds. The van der Waals surface area contributed by atoms with Crippen LogP contribution in [0.1, 0.15) is 53.4 Å². The zero-order valence-corrected chi connectivity index (χ0v) is 17.2. The fourth-order valence-electron chi connectivity index (χ4n) is 3.10. The van der Waals surface area contributed by atoms with Gasteiger partial charge in [-0.3, -0.25) is 14.4 Å². The summed E-state index contributed by atoms with van der Waals surface area (Å²) in [6.45, 7) is 9.19. The van der Waals surface area contributed by atoms with Crippen molar-refractivity contribution in [2.24, 2.45) is 17.8 Å². The highest BCUT2D eigenvalue weighted by Gasteiger charge is 2.28. The van der Waals surface area contributed by atoms with Gasteiger partial charge in [-0.1, -0.05) is 27.7 Å². The lowest BCUT2D eigenvalue weighted by atomic mass is 9.80. The maximum atomic E-state index is 12.0. The first-order valence-corrected chi connectivity index (χ1v) is 10.1. The Bertz CT molecular complexity index is 471. The second-order valence-corrected chi connectivity index (χ2v) is 7.78. The Labute approximate surface area is 162 Å². The first kappa shape index (κ1) is 23.6. The molecule has 1 aliphatic rings. The van der Waals surface area contributed by atoms with Gasteiger partial charge in [-0.25, -0.2) is 0 Å². The second kappa shape index (κ2) is 12.8. The Hall–Kier alpha value is -1.47. The van der Waals surface area contributed by atoms with Crippen LogP contribution in [0.3, 0.4) is 0 Å². The van der Waals surface area contributed by atoms with Crippen LogP contribution in [0.4, 0.5) is 0 Å². The van der Waals surface area contributed by atoms with Crippen molar-refractivity contribution in [3.05, 3.63) is 0 Å². The first-order valence-electron chi connectivity index (χ1n) is 10.1. The summed E-state index contributed by atoms with van der Waals surface area (Å²) in [5.41, 5.74) is 0. The van der Waals surface area contributed by atoms with Crippen LogP contribution >= 0.6 is 0 Å². The zero-order chi connectivity index (χ0) is 20.2. The van der Waals surface area contributed by atoms with E-state index in [2.05, 4.69) is 10.6 Å². The molecule has 1 rings (SSSR count). The minimum absolute atomic E-state index is 0.00845. The van der Waals surface area contributed by atoms with Crippen LogP contribution in [0.5, 0.6) is 0 Å². The summed E-state index contributed by atoms with van der Waals surface area (Å²) in [7, 11) is 0. The molecule has 156 valence electrons. The Morgan fingerprint density at radius 3 is 2.11 bits per heavy atom. The third-order valence-corrected chi connectivity index (χ3v) is 4.74. The SMILES string of the molecule is CC(C)C(=O)NCCOCCOCC(=O)NC1CCC(C(=O)C(C)C)CC1. The van der Waals surface area contributed by atoms with Gasteiger partial charge >= 0.3 is 0 Å². The van der Waals surface area contributed by atoms with Gasteiger partial charge in [0.15, 0.2) is 0 Å². The largest absolute Gasteiger partial charge is 0.377 e. The molecule has 0 saturated heterocycles. The topological polar surface area (TPSA) is 93.7 Å². The number of carbonyl (C=O) groups excluding carboxylic acids is 3. The molecule has 1 fully saturated rings. The van der Waals surface area contributed by atoms with Crippen LogP contribution in [0, 0.1) is 17.8 Å². The van der Waals surface area contributed by atoms with Crippen molar-refractivity contribution in [3.63, 3.8) is 0 Å². The molecule has 0 unspecified atom stereocenters. The number of Topliss-reactive ketones (excluding diaryl/α,β-unsaturated/α-hetero) is 1. The summed E-state index contributed by atoms with van der Waals surface area (Å²) >= 11 is 0. The fraction of sp³-hybridized carbons (Fsp3) is 0.850. The molecular weight excluding hydrogens is 348 g/mol. The molecule has 7 nitrogen and oxygen atoms in total. The van der Waals surface area contributed by atoms with E-state index in [1.54, 1.807) is 0 Å². The van der Waals surface area contributed by atoms with Crippen molar-refractivity contribution in [3.8, 4) is 0 Å². The van der Waals surface area contributed by atoms with Gasteiger partial charge in [0.05, 0.1) is 19.8 Å². The monoisotopic (exact) mass is 384 g/mol. The van der Waals surface area contributed by atoms with Crippen molar-refractivity contribution in [2.45, 2.75) is 59.4 Å². The van der Waals surface area contributed by atoms with E-state index in [1.165, 1.54) is 0 Å². The molecule has 7 heteroatoms. The lowest BCUT2D eigenvalue weighted by molar-refractivity contribution is -0.128. The number of hydrogen-bond acceptors (Lipinski definition) is 5. The number of nitrogens with one attached hydrogen (secondary N) is 2. The van der Waals surface area contributed by atoms with E-state index in [1.807, 2.05) is 27.7 Å². The molecule has 0 bridgehead atoms. The Kier molecular flexibility index (Phi) is 11.2. The van der Waals surface area contributed by atoms with Gasteiger partial charge in [0.25, 0.3) is 0 Å². The second-order valence-electron chi connectivity index (χ2n) is 7.78. The number of hydrogen-bond donors (Lipinski definition) is 2. The van der Waals surface area contributed by atoms with E-state index in [0.29, 0.717) is 32.1 Å². The highest BCUT2D eigenvalue weighted by Crippen LogP contribution is 2.27. The summed E-state index contributed by atoms with van der Waals surface area (Å²) in [5.74, 6) is 0.427. The van der Waals surface area contributed by atoms with Gasteiger partial charge in [0.1, 0.15) is 12.4 Å². The van der Waals surface area contributed by atoms with Crippen molar-refractivity contribution in [2.75, 3.05) is 33.0 Å². The predicted octanol–water partition coefficient (Wildman–Crippen LogP) is 1.69. The number of amides is 2. The van der Waals surface area contributed by atoms with E-state index in [-0.39, 0.29) is 42.2 Å². The van der Waals surface area contributed by atoms with Crippen molar-refractivity contribution in [1.82, 2.24) is 10.6 Å². The van der Waals surface area contributed by atoms with Gasteiger partial charge in [-0.2, -0.15) is 0 Å². The van der Waals surface area contributed by atoms with Gasteiger partial charge in [-0.05, 0) is 25.7 Å². The fourth-order valence-corrected chi connectivity index (χ4v) is 3.10. The molecule has 1 aliphatic carbocycles. The molecule has 0 aliphatic heterocycles. The normalized spacial score (nSPS) is 19.9. The van der Waals surface area contributed by atoms with Crippen LogP contribution in [0.15, 0.2) is 0 Å². The highest BCUT2D eigenvalue weighted by molar-refractivity contribution is 5.83. The van der Waals surface area contributed by atoms with Crippen LogP contribution in [0.25, 0.3) is 0 Å². The first-order chi connectivity index (χ1) is 12.8. The van der Waals surface area contributed by atoms with E-state index < -0.39 is 0 Å². The standard InChI is InChI=1S/C20H36N2O5/c1-14(2)19(24)16-5-7-17(8-6-16)22-18(23)13-27-12-11-26-10-9-21-20(25)15(3)4/h14-17H,5-13H2,1-4H3,(H,21,25)(H,22,23). The summed E-state index contributed by atoms with van der Waals surface area (Å²) in [5, 5.41) is 5.74. The Balaban J connectivity index is 2.01. The molecule has 0 heterocycles. The van der Waals surface area contributed by atoms with E-state index in [4.69, 9.17) is 9.47 Å². The lowest BCUT2D eigenvalue weighted by Crippen LogP contribution is -2.41. The van der Waals surface area contributed by atoms with Crippen LogP contribution in [-0.4, -0.2) is 56.6 Å². The third kappa shape index (κ3) is 9.86.